The molecule has 0 amide bonds. The molecule has 2 aromatic carbocycles. The van der Waals surface area contributed by atoms with Gasteiger partial charge in [-0.05, 0) is 42.0 Å². The highest BCUT2D eigenvalue weighted by Crippen LogP contribution is 2.23. The first-order valence-electron chi connectivity index (χ1n) is 6.36. The van der Waals surface area contributed by atoms with Crippen molar-refractivity contribution in [3.63, 3.8) is 0 Å². The van der Waals surface area contributed by atoms with Gasteiger partial charge in [0.2, 0.25) is 10.0 Å². The number of sulfonamides is 2. The zero-order valence-corrected chi connectivity index (χ0v) is 14.4. The lowest BCUT2D eigenvalue weighted by Crippen LogP contribution is -2.17. The summed E-state index contributed by atoms with van der Waals surface area (Å²) in [5, 5.41) is 6.30. The number of anilines is 1. The minimum atomic E-state index is -4.23. The van der Waals surface area contributed by atoms with Crippen LogP contribution in [0.2, 0.25) is 5.02 Å². The number of benzene rings is 2. The van der Waals surface area contributed by atoms with Gasteiger partial charge in [0, 0.05) is 5.02 Å². The van der Waals surface area contributed by atoms with Crippen molar-refractivity contribution in [3.8, 4) is 0 Å². The van der Waals surface area contributed by atoms with Gasteiger partial charge >= 0.3 is 0 Å². The van der Waals surface area contributed by atoms with Crippen LogP contribution in [0.3, 0.4) is 0 Å². The van der Waals surface area contributed by atoms with Gasteiger partial charge in [0.1, 0.15) is 10.7 Å². The van der Waals surface area contributed by atoms with Crippen molar-refractivity contribution in [2.75, 3.05) is 4.72 Å². The first-order chi connectivity index (χ1) is 11.1. The zero-order chi connectivity index (χ0) is 18.0. The summed E-state index contributed by atoms with van der Waals surface area (Å²) in [6.07, 6.45) is 1.27. The molecule has 0 aromatic heterocycles. The fourth-order valence-corrected chi connectivity index (χ4v) is 3.50. The monoisotopic (exact) mass is 390 g/mol. The Morgan fingerprint density at radius 2 is 1.67 bits per heavy atom. The molecule has 0 atom stereocenters. The van der Waals surface area contributed by atoms with E-state index >= 15 is 0 Å². The van der Waals surface area contributed by atoms with Crippen LogP contribution in [-0.2, 0) is 20.0 Å². The van der Waals surface area contributed by atoms with Crippen molar-refractivity contribution >= 4 is 43.4 Å². The van der Waals surface area contributed by atoms with Crippen LogP contribution in [0.1, 0.15) is 5.56 Å². The van der Waals surface area contributed by atoms with Gasteiger partial charge in [0.15, 0.2) is 0 Å². The van der Waals surface area contributed by atoms with E-state index in [0.717, 1.165) is 23.6 Å². The Morgan fingerprint density at radius 1 is 1.04 bits per heavy atom. The number of primary sulfonamides is 1. The minimum Gasteiger partial charge on any atom is -0.279 e. The van der Waals surface area contributed by atoms with Gasteiger partial charge in [0.25, 0.3) is 10.0 Å². The average molecular weight is 391 g/mol. The van der Waals surface area contributed by atoms with Crippen LogP contribution in [0.25, 0.3) is 6.08 Å². The van der Waals surface area contributed by atoms with Gasteiger partial charge in [0.05, 0.1) is 11.1 Å². The van der Waals surface area contributed by atoms with E-state index in [1.165, 1.54) is 6.08 Å². The Labute approximate surface area is 143 Å². The molecule has 2 rings (SSSR count). The van der Waals surface area contributed by atoms with Crippen molar-refractivity contribution in [1.82, 2.24) is 0 Å². The van der Waals surface area contributed by atoms with Crippen LogP contribution in [0.5, 0.6) is 0 Å². The molecule has 2 aromatic rings. The molecule has 0 aliphatic heterocycles. The summed E-state index contributed by atoms with van der Waals surface area (Å²) in [5.41, 5.74) is 0.0777. The van der Waals surface area contributed by atoms with Gasteiger partial charge in [-0.1, -0.05) is 23.7 Å². The molecular formula is C14H12ClFN2O4S2. The second kappa shape index (κ2) is 6.89. The van der Waals surface area contributed by atoms with Crippen molar-refractivity contribution < 1.29 is 21.2 Å². The number of nitrogens with two attached hydrogens (primary N) is 1. The maximum Gasteiger partial charge on any atom is 0.255 e. The zero-order valence-electron chi connectivity index (χ0n) is 12.0. The molecule has 24 heavy (non-hydrogen) atoms. The van der Waals surface area contributed by atoms with Crippen molar-refractivity contribution in [2.45, 2.75) is 4.90 Å². The molecule has 0 saturated carbocycles. The van der Waals surface area contributed by atoms with E-state index in [2.05, 4.69) is 0 Å². The maximum absolute atomic E-state index is 13.3. The molecule has 128 valence electrons. The first-order valence-corrected chi connectivity index (χ1v) is 9.83. The van der Waals surface area contributed by atoms with E-state index in [1.54, 1.807) is 24.3 Å². The SMILES string of the molecule is NS(=O)(=O)c1ccc(F)cc1NS(=O)(=O)C=Cc1ccc(Cl)cc1. The Morgan fingerprint density at radius 3 is 2.25 bits per heavy atom. The highest BCUT2D eigenvalue weighted by atomic mass is 35.5. The molecule has 0 spiro atoms. The number of rotatable bonds is 5. The predicted molar refractivity (Wildman–Crippen MR) is 90.8 cm³/mol. The quantitative estimate of drug-likeness (QED) is 0.818. The van der Waals surface area contributed by atoms with E-state index in [4.69, 9.17) is 16.7 Å². The molecule has 10 heteroatoms. The number of nitrogens with one attached hydrogen (secondary N) is 1. The van der Waals surface area contributed by atoms with Crippen molar-refractivity contribution in [1.29, 1.82) is 0 Å². The Balaban J connectivity index is 2.33. The molecule has 0 saturated heterocycles. The number of hydrogen-bond acceptors (Lipinski definition) is 4. The van der Waals surface area contributed by atoms with Gasteiger partial charge in [-0.3, -0.25) is 4.72 Å². The fraction of sp³-hybridized carbons (Fsp3) is 0. The van der Waals surface area contributed by atoms with Gasteiger partial charge in [-0.2, -0.15) is 0 Å². The molecule has 0 fully saturated rings. The largest absolute Gasteiger partial charge is 0.279 e. The molecule has 0 unspecified atom stereocenters. The summed E-state index contributed by atoms with van der Waals surface area (Å²) in [7, 11) is -8.32. The van der Waals surface area contributed by atoms with Crippen LogP contribution >= 0.6 is 11.6 Å². The normalized spacial score (nSPS) is 12.5. The molecule has 0 radical (unpaired) electrons. The highest BCUT2D eigenvalue weighted by Gasteiger charge is 2.18. The lowest BCUT2D eigenvalue weighted by Gasteiger charge is -2.09. The summed E-state index contributed by atoms with van der Waals surface area (Å²) in [6.45, 7) is 0. The molecule has 0 heterocycles. The second-order valence-electron chi connectivity index (χ2n) is 4.69. The van der Waals surface area contributed by atoms with Crippen LogP contribution < -0.4 is 9.86 Å². The van der Waals surface area contributed by atoms with Crippen LogP contribution in [0.4, 0.5) is 10.1 Å². The third-order valence-corrected chi connectivity index (χ3v) is 5.03. The maximum atomic E-state index is 13.3. The molecule has 0 aliphatic rings. The van der Waals surface area contributed by atoms with E-state index in [-0.39, 0.29) is 0 Å². The summed E-state index contributed by atoms with van der Waals surface area (Å²) in [6, 6.07) is 8.80. The summed E-state index contributed by atoms with van der Waals surface area (Å²) in [4.78, 5) is -0.535. The predicted octanol–water partition coefficient (Wildman–Crippen LogP) is 2.54. The summed E-state index contributed by atoms with van der Waals surface area (Å²) in [5.74, 6) is -0.818. The smallest absolute Gasteiger partial charge is 0.255 e. The van der Waals surface area contributed by atoms with Gasteiger partial charge in [-0.15, -0.1) is 0 Å². The number of halogens is 2. The van der Waals surface area contributed by atoms with Crippen LogP contribution in [0, 0.1) is 5.82 Å². The van der Waals surface area contributed by atoms with E-state index in [1.807, 2.05) is 4.72 Å². The number of hydrogen-bond donors (Lipinski definition) is 2. The standard InChI is InChI=1S/C14H12ClFN2O4S2/c15-11-3-1-10(2-4-11)7-8-23(19,20)18-13-9-12(16)5-6-14(13)24(17,21)22/h1-9,18H,(H2,17,21,22). The summed E-state index contributed by atoms with van der Waals surface area (Å²) >= 11 is 5.73. The Bertz CT molecular complexity index is 988. The minimum absolute atomic E-state index is 0.474. The van der Waals surface area contributed by atoms with Crippen molar-refractivity contribution in [2.24, 2.45) is 5.14 Å². The Hall–Kier alpha value is -1.94. The molecule has 0 aliphatic carbocycles. The molecule has 6 nitrogen and oxygen atoms in total. The third kappa shape index (κ3) is 5.03. The van der Waals surface area contributed by atoms with E-state index in [9.17, 15) is 21.2 Å². The van der Waals surface area contributed by atoms with E-state index < -0.39 is 36.4 Å². The van der Waals surface area contributed by atoms with Crippen LogP contribution in [-0.4, -0.2) is 16.8 Å². The third-order valence-electron chi connectivity index (χ3n) is 2.81. The lowest BCUT2D eigenvalue weighted by molar-refractivity contribution is 0.597. The molecule has 0 bridgehead atoms. The average Bonchev–Trinajstić information content (AvgIpc) is 2.45. The lowest BCUT2D eigenvalue weighted by atomic mass is 10.2. The Kier molecular flexibility index (Phi) is 5.29. The van der Waals surface area contributed by atoms with Gasteiger partial charge < -0.3 is 0 Å². The fourth-order valence-electron chi connectivity index (χ4n) is 1.76. The van der Waals surface area contributed by atoms with Gasteiger partial charge in [-0.25, -0.2) is 26.4 Å². The first kappa shape index (κ1) is 18.4. The molecule has 3 N–H and O–H groups in total. The van der Waals surface area contributed by atoms with Crippen molar-refractivity contribution in [3.05, 3.63) is 64.3 Å². The van der Waals surface area contributed by atoms with Crippen LogP contribution in [0.15, 0.2) is 52.8 Å². The molecular weight excluding hydrogens is 379 g/mol. The topological polar surface area (TPSA) is 106 Å². The highest BCUT2D eigenvalue weighted by molar-refractivity contribution is 7.95. The van der Waals surface area contributed by atoms with E-state index in [0.29, 0.717) is 10.6 Å². The summed E-state index contributed by atoms with van der Waals surface area (Å²) < 4.78 is 62.3. The second-order valence-corrected chi connectivity index (χ2v) is 8.22.